The molecule has 1 unspecified atom stereocenters. The van der Waals surface area contributed by atoms with Gasteiger partial charge < -0.3 is 9.84 Å². The van der Waals surface area contributed by atoms with Crippen LogP contribution in [0.5, 0.6) is 0 Å². The number of aliphatic hydroxyl groups excluding tert-OH is 1. The molecule has 0 spiro atoms. The van der Waals surface area contributed by atoms with Crippen molar-refractivity contribution in [1.29, 1.82) is 0 Å². The summed E-state index contributed by atoms with van der Waals surface area (Å²) < 4.78 is 5.21. The summed E-state index contributed by atoms with van der Waals surface area (Å²) in [5.74, 6) is 0.769. The lowest BCUT2D eigenvalue weighted by Crippen LogP contribution is -2.05. The molecule has 0 saturated heterocycles. The Morgan fingerprint density at radius 3 is 2.54 bits per heavy atom. The number of unbranched alkanes of at least 4 members (excludes halogenated alkanes) is 2. The number of rotatable bonds is 9. The van der Waals surface area contributed by atoms with Gasteiger partial charge in [0.1, 0.15) is 0 Å². The molecular weight excluding hydrogens is 164 g/mol. The van der Waals surface area contributed by atoms with Gasteiger partial charge in [0.05, 0.1) is 13.2 Å². The van der Waals surface area contributed by atoms with Gasteiger partial charge in [0.25, 0.3) is 0 Å². The minimum atomic E-state index is 0.143. The van der Waals surface area contributed by atoms with Gasteiger partial charge in [-0.25, -0.2) is 0 Å². The van der Waals surface area contributed by atoms with Crippen LogP contribution in [0.4, 0.5) is 0 Å². The van der Waals surface area contributed by atoms with Crippen molar-refractivity contribution in [2.45, 2.75) is 46.0 Å². The summed E-state index contributed by atoms with van der Waals surface area (Å²) in [5.41, 5.74) is 0. The molecule has 80 valence electrons. The fraction of sp³-hybridized carbons (Fsp3) is 1.00. The molecule has 2 heteroatoms. The van der Waals surface area contributed by atoms with Crippen molar-refractivity contribution in [2.24, 2.45) is 5.92 Å². The molecule has 1 N–H and O–H groups in total. The monoisotopic (exact) mass is 188 g/mol. The average molecular weight is 188 g/mol. The van der Waals surface area contributed by atoms with Crippen LogP contribution in [0.3, 0.4) is 0 Å². The number of aliphatic hydroxyl groups is 1. The summed E-state index contributed by atoms with van der Waals surface area (Å²) in [4.78, 5) is 0. The molecule has 2 nitrogen and oxygen atoms in total. The summed E-state index contributed by atoms with van der Waals surface area (Å²) in [6.45, 7) is 5.94. The molecule has 0 amide bonds. The second-order valence-corrected chi connectivity index (χ2v) is 3.73. The van der Waals surface area contributed by atoms with E-state index in [0.717, 1.165) is 18.9 Å². The van der Waals surface area contributed by atoms with Crippen LogP contribution in [-0.4, -0.2) is 24.9 Å². The zero-order valence-electron chi connectivity index (χ0n) is 9.09. The predicted molar refractivity (Wildman–Crippen MR) is 55.8 cm³/mol. The summed E-state index contributed by atoms with van der Waals surface area (Å²) >= 11 is 0. The molecule has 0 saturated carbocycles. The van der Waals surface area contributed by atoms with Crippen LogP contribution in [0.1, 0.15) is 46.0 Å². The third-order valence-corrected chi connectivity index (χ3v) is 2.29. The quantitative estimate of drug-likeness (QED) is 0.564. The van der Waals surface area contributed by atoms with E-state index in [0.29, 0.717) is 6.61 Å². The van der Waals surface area contributed by atoms with Crippen molar-refractivity contribution in [3.63, 3.8) is 0 Å². The lowest BCUT2D eigenvalue weighted by molar-refractivity contribution is 0.0834. The first kappa shape index (κ1) is 12.9. The average Bonchev–Trinajstić information content (AvgIpc) is 2.13. The Hall–Kier alpha value is -0.0800. The fourth-order valence-electron chi connectivity index (χ4n) is 1.34. The summed E-state index contributed by atoms with van der Waals surface area (Å²) in [5, 5.41) is 8.48. The second-order valence-electron chi connectivity index (χ2n) is 3.73. The summed E-state index contributed by atoms with van der Waals surface area (Å²) in [6, 6.07) is 0. The highest BCUT2D eigenvalue weighted by Crippen LogP contribution is 2.12. The van der Waals surface area contributed by atoms with Gasteiger partial charge in [-0.2, -0.15) is 0 Å². The van der Waals surface area contributed by atoms with E-state index in [-0.39, 0.29) is 6.61 Å². The Labute approximate surface area is 82.3 Å². The zero-order chi connectivity index (χ0) is 9.94. The van der Waals surface area contributed by atoms with Gasteiger partial charge in [-0.05, 0) is 12.3 Å². The van der Waals surface area contributed by atoms with Gasteiger partial charge >= 0.3 is 0 Å². The molecule has 0 aromatic rings. The molecule has 13 heavy (non-hydrogen) atoms. The summed E-state index contributed by atoms with van der Waals surface area (Å²) in [6.07, 6.45) is 6.44. The Morgan fingerprint density at radius 1 is 1.15 bits per heavy atom. The third kappa shape index (κ3) is 9.84. The molecule has 0 aliphatic rings. The maximum atomic E-state index is 8.48. The van der Waals surface area contributed by atoms with E-state index in [1.807, 2.05) is 0 Å². The Balaban J connectivity index is 3.05. The minimum Gasteiger partial charge on any atom is -0.394 e. The molecule has 0 aliphatic heterocycles. The fourth-order valence-corrected chi connectivity index (χ4v) is 1.34. The Kier molecular flexibility index (Phi) is 9.94. The van der Waals surface area contributed by atoms with E-state index in [1.165, 1.54) is 25.7 Å². The van der Waals surface area contributed by atoms with Crippen molar-refractivity contribution < 1.29 is 9.84 Å². The van der Waals surface area contributed by atoms with E-state index in [4.69, 9.17) is 9.84 Å². The maximum Gasteiger partial charge on any atom is 0.0697 e. The van der Waals surface area contributed by atoms with Crippen LogP contribution >= 0.6 is 0 Å². The highest BCUT2D eigenvalue weighted by molar-refractivity contribution is 4.52. The van der Waals surface area contributed by atoms with E-state index < -0.39 is 0 Å². The van der Waals surface area contributed by atoms with Crippen LogP contribution in [-0.2, 0) is 4.74 Å². The Bertz CT molecular complexity index is 94.1. The maximum absolute atomic E-state index is 8.48. The van der Waals surface area contributed by atoms with Gasteiger partial charge in [-0.1, -0.05) is 39.5 Å². The molecule has 0 aromatic heterocycles. The van der Waals surface area contributed by atoms with Crippen LogP contribution < -0.4 is 0 Å². The van der Waals surface area contributed by atoms with E-state index >= 15 is 0 Å². The first-order valence-electron chi connectivity index (χ1n) is 5.49. The van der Waals surface area contributed by atoms with E-state index in [1.54, 1.807) is 0 Å². The normalized spacial score (nSPS) is 13.2. The molecule has 1 atom stereocenters. The van der Waals surface area contributed by atoms with Crippen molar-refractivity contribution in [3.05, 3.63) is 0 Å². The molecular formula is C11H24O2. The molecule has 0 heterocycles. The first-order valence-corrected chi connectivity index (χ1v) is 5.49. The van der Waals surface area contributed by atoms with Gasteiger partial charge in [-0.15, -0.1) is 0 Å². The van der Waals surface area contributed by atoms with Crippen molar-refractivity contribution in [3.8, 4) is 0 Å². The van der Waals surface area contributed by atoms with E-state index in [9.17, 15) is 0 Å². The SMILES string of the molecule is CCCCCC(C)CCOCCO. The number of hydrogen-bond donors (Lipinski definition) is 1. The van der Waals surface area contributed by atoms with Crippen LogP contribution in [0.25, 0.3) is 0 Å². The van der Waals surface area contributed by atoms with E-state index in [2.05, 4.69) is 13.8 Å². The lowest BCUT2D eigenvalue weighted by atomic mass is 10.0. The molecule has 0 rings (SSSR count). The van der Waals surface area contributed by atoms with Crippen molar-refractivity contribution >= 4 is 0 Å². The van der Waals surface area contributed by atoms with Gasteiger partial charge in [-0.3, -0.25) is 0 Å². The summed E-state index contributed by atoms with van der Waals surface area (Å²) in [7, 11) is 0. The molecule has 0 fully saturated rings. The third-order valence-electron chi connectivity index (χ3n) is 2.29. The van der Waals surface area contributed by atoms with Crippen molar-refractivity contribution in [2.75, 3.05) is 19.8 Å². The topological polar surface area (TPSA) is 29.5 Å². The standard InChI is InChI=1S/C11H24O2/c1-3-4-5-6-11(2)7-9-13-10-8-12/h11-12H,3-10H2,1-2H3. The highest BCUT2D eigenvalue weighted by Gasteiger charge is 2.00. The molecule has 0 aromatic carbocycles. The largest absolute Gasteiger partial charge is 0.394 e. The second kappa shape index (κ2) is 10.0. The van der Waals surface area contributed by atoms with Gasteiger partial charge in [0.2, 0.25) is 0 Å². The highest BCUT2D eigenvalue weighted by atomic mass is 16.5. The Morgan fingerprint density at radius 2 is 1.92 bits per heavy atom. The van der Waals surface area contributed by atoms with Crippen molar-refractivity contribution in [1.82, 2.24) is 0 Å². The van der Waals surface area contributed by atoms with Crippen LogP contribution in [0, 0.1) is 5.92 Å². The number of ether oxygens (including phenoxy) is 1. The lowest BCUT2D eigenvalue weighted by Gasteiger charge is -2.10. The first-order chi connectivity index (χ1) is 6.31. The molecule has 0 bridgehead atoms. The molecule has 0 radical (unpaired) electrons. The van der Waals surface area contributed by atoms with Gasteiger partial charge in [0.15, 0.2) is 0 Å². The molecule has 0 aliphatic carbocycles. The smallest absolute Gasteiger partial charge is 0.0697 e. The predicted octanol–water partition coefficient (Wildman–Crippen LogP) is 2.60. The number of hydrogen-bond acceptors (Lipinski definition) is 2. The minimum absolute atomic E-state index is 0.143. The van der Waals surface area contributed by atoms with Gasteiger partial charge in [0, 0.05) is 6.61 Å². The van der Waals surface area contributed by atoms with Crippen LogP contribution in [0.2, 0.25) is 0 Å². The van der Waals surface area contributed by atoms with Crippen LogP contribution in [0.15, 0.2) is 0 Å². The zero-order valence-corrected chi connectivity index (χ0v) is 9.09.